The van der Waals surface area contributed by atoms with Gasteiger partial charge in [-0.3, -0.25) is 4.98 Å². The minimum absolute atomic E-state index is 0.00892. The van der Waals surface area contributed by atoms with Gasteiger partial charge >= 0.3 is 11.7 Å². The van der Waals surface area contributed by atoms with Crippen LogP contribution in [-0.2, 0) is 11.3 Å². The monoisotopic (exact) mass is 625 g/mol. The quantitative estimate of drug-likeness (QED) is 0.218. The average molecular weight is 626 g/mol. The van der Waals surface area contributed by atoms with Gasteiger partial charge in [0, 0.05) is 17.8 Å². The number of imidazole rings is 1. The molecule has 1 aliphatic rings. The van der Waals surface area contributed by atoms with Crippen molar-refractivity contribution in [3.63, 3.8) is 0 Å². The van der Waals surface area contributed by atoms with E-state index < -0.39 is 23.5 Å². The van der Waals surface area contributed by atoms with Gasteiger partial charge in [0.2, 0.25) is 11.5 Å². The molecule has 0 saturated carbocycles. The van der Waals surface area contributed by atoms with Crippen LogP contribution in [0.25, 0.3) is 5.82 Å². The predicted octanol–water partition coefficient (Wildman–Crippen LogP) is 3.97. The van der Waals surface area contributed by atoms with Crippen LogP contribution in [0.5, 0.6) is 17.2 Å². The van der Waals surface area contributed by atoms with Crippen LogP contribution in [0.3, 0.4) is 0 Å². The van der Waals surface area contributed by atoms with E-state index >= 15 is 4.39 Å². The van der Waals surface area contributed by atoms with Crippen LogP contribution in [0.15, 0.2) is 71.8 Å². The lowest BCUT2D eigenvalue weighted by Crippen LogP contribution is -2.21. The first-order valence-electron chi connectivity index (χ1n) is 14.3. The highest BCUT2D eigenvalue weighted by Crippen LogP contribution is 2.45. The molecular formula is C32H28FN7O6. The summed E-state index contributed by atoms with van der Waals surface area (Å²) in [4.78, 5) is 33.7. The number of carbonyl (C=O) groups is 1. The molecule has 234 valence electrons. The molecule has 1 aliphatic heterocycles. The molecule has 0 amide bonds. The van der Waals surface area contributed by atoms with E-state index in [9.17, 15) is 14.9 Å². The van der Waals surface area contributed by atoms with E-state index in [1.54, 1.807) is 35.8 Å². The topological polar surface area (TPSA) is 158 Å². The maximum absolute atomic E-state index is 16.2. The van der Waals surface area contributed by atoms with Crippen molar-refractivity contribution in [2.75, 3.05) is 32.2 Å². The molecule has 3 heterocycles. The van der Waals surface area contributed by atoms with Gasteiger partial charge < -0.3 is 28.8 Å². The number of H-pyrrole nitrogens is 1. The summed E-state index contributed by atoms with van der Waals surface area (Å²) in [5.41, 5.74) is 1.10. The largest absolute Gasteiger partial charge is 0.493 e. The van der Waals surface area contributed by atoms with E-state index in [2.05, 4.69) is 26.5 Å². The standard InChI is InChI=1S/C32H28FN7O6/c1-3-44-31(41)26-30(35-18-39(26)17-20-7-5-4-6-8-20)40-32(42)37-29(38-40)25(36-21-11-9-19(16-34)10-12-21)22-15-23(43-2)27-28(24(22)33)46-14-13-45-27/h4-12,15,18,25,36H,3,13-14,17H2,1-2H3,(H,37,38,42). The first-order chi connectivity index (χ1) is 22.4. The number of rotatable bonds is 10. The number of hydrogen-bond donors (Lipinski definition) is 2. The van der Waals surface area contributed by atoms with Gasteiger partial charge in [0.1, 0.15) is 19.3 Å². The highest BCUT2D eigenvalue weighted by Gasteiger charge is 2.32. The Bertz CT molecular complexity index is 1980. The first-order valence-corrected chi connectivity index (χ1v) is 14.3. The van der Waals surface area contributed by atoms with Gasteiger partial charge in [-0.25, -0.2) is 19.0 Å². The van der Waals surface area contributed by atoms with Crippen LogP contribution in [0.2, 0.25) is 0 Å². The molecule has 0 bridgehead atoms. The lowest BCUT2D eigenvalue weighted by atomic mass is 10.0. The van der Waals surface area contributed by atoms with Crippen molar-refractivity contribution < 1.29 is 28.1 Å². The van der Waals surface area contributed by atoms with Gasteiger partial charge in [-0.15, -0.1) is 5.10 Å². The van der Waals surface area contributed by atoms with Crippen molar-refractivity contribution in [2.45, 2.75) is 19.5 Å². The van der Waals surface area contributed by atoms with Gasteiger partial charge in [0.05, 0.1) is 31.7 Å². The number of nitrogens with one attached hydrogen (secondary N) is 2. The molecule has 0 spiro atoms. The Labute approximate surface area is 261 Å². The molecule has 13 nitrogen and oxygen atoms in total. The van der Waals surface area contributed by atoms with Crippen molar-refractivity contribution in [1.29, 1.82) is 5.26 Å². The van der Waals surface area contributed by atoms with Crippen molar-refractivity contribution in [3.05, 3.63) is 112 Å². The molecule has 0 radical (unpaired) electrons. The molecule has 0 fully saturated rings. The number of benzene rings is 3. The van der Waals surface area contributed by atoms with E-state index in [0.717, 1.165) is 10.2 Å². The van der Waals surface area contributed by atoms with Crippen LogP contribution >= 0.6 is 0 Å². The van der Waals surface area contributed by atoms with Crippen LogP contribution in [0.1, 0.15) is 46.0 Å². The zero-order valence-electron chi connectivity index (χ0n) is 24.8. The lowest BCUT2D eigenvalue weighted by molar-refractivity contribution is 0.0514. The second-order valence-corrected chi connectivity index (χ2v) is 10.1. The Morgan fingerprint density at radius 2 is 1.89 bits per heavy atom. The van der Waals surface area contributed by atoms with E-state index in [-0.39, 0.29) is 66.5 Å². The molecule has 46 heavy (non-hydrogen) atoms. The number of anilines is 1. The highest BCUT2D eigenvalue weighted by atomic mass is 19.1. The minimum Gasteiger partial charge on any atom is -0.493 e. The van der Waals surface area contributed by atoms with Crippen molar-refractivity contribution in [2.24, 2.45) is 0 Å². The molecule has 0 saturated heterocycles. The number of methoxy groups -OCH3 is 1. The zero-order valence-corrected chi connectivity index (χ0v) is 24.8. The summed E-state index contributed by atoms with van der Waals surface area (Å²) in [7, 11) is 1.41. The summed E-state index contributed by atoms with van der Waals surface area (Å²) in [5, 5.41) is 16.9. The van der Waals surface area contributed by atoms with Crippen LogP contribution in [-0.4, -0.2) is 57.2 Å². The number of fused-ring (bicyclic) bond motifs is 1. The molecule has 14 heteroatoms. The number of carbonyl (C=O) groups excluding carboxylic acids is 1. The number of hydrogen-bond acceptors (Lipinski definition) is 10. The smallest absolute Gasteiger partial charge is 0.358 e. The number of aromatic amines is 1. The molecule has 1 unspecified atom stereocenters. The zero-order chi connectivity index (χ0) is 32.2. The van der Waals surface area contributed by atoms with Gasteiger partial charge in [-0.2, -0.15) is 9.94 Å². The van der Waals surface area contributed by atoms with Crippen molar-refractivity contribution >= 4 is 11.7 Å². The fourth-order valence-corrected chi connectivity index (χ4v) is 5.08. The normalized spacial score (nSPS) is 12.7. The van der Waals surface area contributed by atoms with E-state index in [1.807, 2.05) is 30.3 Å². The second-order valence-electron chi connectivity index (χ2n) is 10.1. The Morgan fingerprint density at radius 3 is 2.59 bits per heavy atom. The molecular weight excluding hydrogens is 597 g/mol. The lowest BCUT2D eigenvalue weighted by Gasteiger charge is -2.25. The minimum atomic E-state index is -1.12. The summed E-state index contributed by atoms with van der Waals surface area (Å²) >= 11 is 0. The number of esters is 1. The van der Waals surface area contributed by atoms with Gasteiger partial charge in [-0.05, 0) is 42.8 Å². The molecule has 1 atom stereocenters. The van der Waals surface area contributed by atoms with Crippen molar-refractivity contribution in [3.8, 4) is 29.1 Å². The SMILES string of the molecule is CCOC(=O)c1c(-n2nc(C(Nc3ccc(C#N)cc3)c3cc(OC)c4c(c3F)OCCO4)[nH]c2=O)ncn1Cc1ccccc1. The van der Waals surface area contributed by atoms with E-state index in [0.29, 0.717) is 11.3 Å². The van der Waals surface area contributed by atoms with Crippen LogP contribution in [0, 0.1) is 17.1 Å². The molecule has 2 aromatic heterocycles. The number of ether oxygens (including phenoxy) is 4. The predicted molar refractivity (Wildman–Crippen MR) is 162 cm³/mol. The number of nitrogens with zero attached hydrogens (tertiary/aromatic N) is 5. The highest BCUT2D eigenvalue weighted by molar-refractivity contribution is 5.91. The Balaban J connectivity index is 1.48. The molecule has 6 rings (SSSR count). The third-order valence-electron chi connectivity index (χ3n) is 7.19. The fourth-order valence-electron chi connectivity index (χ4n) is 5.08. The molecule has 2 N–H and O–H groups in total. The van der Waals surface area contributed by atoms with Crippen molar-refractivity contribution in [1.82, 2.24) is 24.3 Å². The Kier molecular flexibility index (Phi) is 8.38. The average Bonchev–Trinajstić information content (AvgIpc) is 3.67. The summed E-state index contributed by atoms with van der Waals surface area (Å²) in [6, 6.07) is 18.2. The Hall–Kier alpha value is -6.10. The van der Waals surface area contributed by atoms with E-state index in [4.69, 9.17) is 18.9 Å². The van der Waals surface area contributed by atoms with Crippen LogP contribution < -0.4 is 25.2 Å². The fraction of sp³-hybridized carbons (Fsp3) is 0.219. The molecule has 0 aliphatic carbocycles. The Morgan fingerprint density at radius 1 is 1.15 bits per heavy atom. The van der Waals surface area contributed by atoms with E-state index in [1.165, 1.54) is 19.5 Å². The summed E-state index contributed by atoms with van der Waals surface area (Å²) < 4.78 is 40.7. The second kappa shape index (κ2) is 12.9. The first kappa shape index (κ1) is 29.9. The summed E-state index contributed by atoms with van der Waals surface area (Å²) in [6.07, 6.45) is 1.42. The molecule has 3 aromatic carbocycles. The third-order valence-corrected chi connectivity index (χ3v) is 7.19. The van der Waals surface area contributed by atoms with Gasteiger partial charge in [0.15, 0.2) is 28.9 Å². The maximum Gasteiger partial charge on any atom is 0.358 e. The van der Waals surface area contributed by atoms with Gasteiger partial charge in [0.25, 0.3) is 0 Å². The number of halogens is 1. The summed E-state index contributed by atoms with van der Waals surface area (Å²) in [5.74, 6) is -1.34. The maximum atomic E-state index is 16.2. The number of nitriles is 1. The van der Waals surface area contributed by atoms with Gasteiger partial charge in [-0.1, -0.05) is 30.3 Å². The summed E-state index contributed by atoms with van der Waals surface area (Å²) in [6.45, 7) is 2.38. The third kappa shape index (κ3) is 5.73. The van der Waals surface area contributed by atoms with Crippen LogP contribution in [0.4, 0.5) is 10.1 Å². The number of aromatic nitrogens is 5. The molecule has 5 aromatic rings.